The van der Waals surface area contributed by atoms with Crippen LogP contribution in [0.2, 0.25) is 0 Å². The molecule has 0 unspecified atom stereocenters. The summed E-state index contributed by atoms with van der Waals surface area (Å²) in [6.45, 7) is 6.81. The van der Waals surface area contributed by atoms with Crippen LogP contribution < -0.4 is 5.32 Å². The minimum atomic E-state index is -3.51. The van der Waals surface area contributed by atoms with Gasteiger partial charge in [0, 0.05) is 25.8 Å². The Kier molecular flexibility index (Phi) is 12.0. The highest BCUT2D eigenvalue weighted by atomic mass is 32.2. The molecule has 0 atom stereocenters. The zero-order valence-electron chi connectivity index (χ0n) is 17.4. The number of amides is 1. The molecule has 1 N–H and O–H groups in total. The highest BCUT2D eigenvalue weighted by Gasteiger charge is 2.24. The summed E-state index contributed by atoms with van der Waals surface area (Å²) in [5.74, 6) is 0.477. The lowest BCUT2D eigenvalue weighted by atomic mass is 10.1. The van der Waals surface area contributed by atoms with Crippen LogP contribution in [0, 0.1) is 6.92 Å². The molecular weight excluding hydrogens is 382 g/mol. The van der Waals surface area contributed by atoms with Crippen LogP contribution in [0.15, 0.2) is 10.6 Å². The number of ether oxygens (including phenoxy) is 1. The van der Waals surface area contributed by atoms with Gasteiger partial charge in [-0.1, -0.05) is 44.2 Å². The SMILES string of the molecule is CCCCCCCCS(=O)(=O)N(CCCOCC)CC(=O)Nc1cc(C)on1. The second kappa shape index (κ2) is 13.7. The first-order chi connectivity index (χ1) is 13.4. The molecule has 0 radical (unpaired) electrons. The van der Waals surface area contributed by atoms with Gasteiger partial charge in [-0.3, -0.25) is 4.79 Å². The van der Waals surface area contributed by atoms with Crippen molar-refractivity contribution in [1.82, 2.24) is 9.46 Å². The molecule has 0 aliphatic rings. The van der Waals surface area contributed by atoms with E-state index in [1.807, 2.05) is 6.92 Å². The van der Waals surface area contributed by atoms with E-state index < -0.39 is 15.9 Å². The molecule has 0 saturated heterocycles. The predicted octanol–water partition coefficient (Wildman–Crippen LogP) is 3.34. The first-order valence-electron chi connectivity index (χ1n) is 10.2. The fraction of sp³-hybridized carbons (Fsp3) is 0.789. The second-order valence-corrected chi connectivity index (χ2v) is 8.93. The van der Waals surface area contributed by atoms with Crippen LogP contribution in [0.25, 0.3) is 0 Å². The molecule has 0 spiro atoms. The Labute approximate surface area is 169 Å². The Bertz CT molecular complexity index is 660. The zero-order valence-corrected chi connectivity index (χ0v) is 18.2. The topological polar surface area (TPSA) is 102 Å². The summed E-state index contributed by atoms with van der Waals surface area (Å²) in [6, 6.07) is 1.59. The molecule has 1 aromatic rings. The number of carbonyl (C=O) groups excluding carboxylic acids is 1. The fourth-order valence-electron chi connectivity index (χ4n) is 2.77. The Morgan fingerprint density at radius 3 is 2.54 bits per heavy atom. The molecule has 0 aliphatic heterocycles. The van der Waals surface area contributed by atoms with Crippen molar-refractivity contribution in [1.29, 1.82) is 0 Å². The molecule has 162 valence electrons. The van der Waals surface area contributed by atoms with Crippen molar-refractivity contribution in [2.75, 3.05) is 37.4 Å². The minimum Gasteiger partial charge on any atom is -0.382 e. The number of aromatic nitrogens is 1. The third-order valence-electron chi connectivity index (χ3n) is 4.26. The van der Waals surface area contributed by atoms with Gasteiger partial charge in [-0.2, -0.15) is 4.31 Å². The van der Waals surface area contributed by atoms with Crippen LogP contribution in [-0.2, 0) is 19.6 Å². The van der Waals surface area contributed by atoms with E-state index in [1.54, 1.807) is 13.0 Å². The number of nitrogens with zero attached hydrogens (tertiary/aromatic N) is 2. The summed E-state index contributed by atoms with van der Waals surface area (Å²) < 4.78 is 36.9. The van der Waals surface area contributed by atoms with E-state index in [-0.39, 0.29) is 24.7 Å². The Morgan fingerprint density at radius 2 is 1.89 bits per heavy atom. The van der Waals surface area contributed by atoms with E-state index in [0.717, 1.165) is 25.7 Å². The average Bonchev–Trinajstić information content (AvgIpc) is 3.05. The quantitative estimate of drug-likeness (QED) is 0.414. The zero-order chi connectivity index (χ0) is 20.8. The summed E-state index contributed by atoms with van der Waals surface area (Å²) in [5.41, 5.74) is 0. The minimum absolute atomic E-state index is 0.0596. The van der Waals surface area contributed by atoms with Crippen molar-refractivity contribution in [3.8, 4) is 0 Å². The predicted molar refractivity (Wildman–Crippen MR) is 110 cm³/mol. The van der Waals surface area contributed by atoms with Gasteiger partial charge in [0.05, 0.1) is 12.3 Å². The Hall–Kier alpha value is -1.45. The van der Waals surface area contributed by atoms with Crippen molar-refractivity contribution in [3.63, 3.8) is 0 Å². The number of aryl methyl sites for hydroxylation is 1. The van der Waals surface area contributed by atoms with Crippen LogP contribution in [0.3, 0.4) is 0 Å². The third kappa shape index (κ3) is 10.2. The maximum Gasteiger partial charge on any atom is 0.240 e. The van der Waals surface area contributed by atoms with Crippen LogP contribution >= 0.6 is 0 Å². The van der Waals surface area contributed by atoms with Crippen molar-refractivity contribution in [2.45, 2.75) is 65.7 Å². The Balaban J connectivity index is 2.58. The Morgan fingerprint density at radius 1 is 1.18 bits per heavy atom. The lowest BCUT2D eigenvalue weighted by molar-refractivity contribution is -0.116. The number of rotatable bonds is 16. The number of hydrogen-bond acceptors (Lipinski definition) is 6. The highest BCUT2D eigenvalue weighted by molar-refractivity contribution is 7.89. The van der Waals surface area contributed by atoms with E-state index in [2.05, 4.69) is 17.4 Å². The van der Waals surface area contributed by atoms with E-state index in [9.17, 15) is 13.2 Å². The molecule has 0 saturated carbocycles. The number of unbranched alkanes of at least 4 members (excludes halogenated alkanes) is 5. The summed E-state index contributed by atoms with van der Waals surface area (Å²) >= 11 is 0. The lowest BCUT2D eigenvalue weighted by Crippen LogP contribution is -2.40. The number of carbonyl (C=O) groups is 1. The summed E-state index contributed by atoms with van der Waals surface area (Å²) in [5, 5.41) is 6.28. The maximum absolute atomic E-state index is 12.7. The lowest BCUT2D eigenvalue weighted by Gasteiger charge is -2.21. The van der Waals surface area contributed by atoms with Gasteiger partial charge in [0.2, 0.25) is 15.9 Å². The molecule has 1 rings (SSSR count). The summed E-state index contributed by atoms with van der Waals surface area (Å²) in [4.78, 5) is 12.3. The van der Waals surface area contributed by atoms with Crippen LogP contribution in [0.5, 0.6) is 0 Å². The van der Waals surface area contributed by atoms with Gasteiger partial charge >= 0.3 is 0 Å². The third-order valence-corrected chi connectivity index (χ3v) is 6.17. The fourth-order valence-corrected chi connectivity index (χ4v) is 4.31. The van der Waals surface area contributed by atoms with E-state index >= 15 is 0 Å². The largest absolute Gasteiger partial charge is 0.382 e. The normalized spacial score (nSPS) is 11.9. The molecule has 0 bridgehead atoms. The van der Waals surface area contributed by atoms with Gasteiger partial charge in [0.15, 0.2) is 5.82 Å². The van der Waals surface area contributed by atoms with Gasteiger partial charge in [-0.15, -0.1) is 0 Å². The number of nitrogens with one attached hydrogen (secondary N) is 1. The molecular formula is C19H35N3O5S. The van der Waals surface area contributed by atoms with Crippen molar-refractivity contribution < 1.29 is 22.5 Å². The van der Waals surface area contributed by atoms with Crippen LogP contribution in [-0.4, -0.2) is 55.8 Å². The van der Waals surface area contributed by atoms with Gasteiger partial charge in [-0.05, 0) is 26.7 Å². The molecule has 9 heteroatoms. The molecule has 1 aromatic heterocycles. The monoisotopic (exact) mass is 417 g/mol. The molecule has 1 heterocycles. The van der Waals surface area contributed by atoms with Crippen molar-refractivity contribution in [2.24, 2.45) is 0 Å². The van der Waals surface area contributed by atoms with Crippen molar-refractivity contribution in [3.05, 3.63) is 11.8 Å². The maximum atomic E-state index is 12.7. The average molecular weight is 418 g/mol. The van der Waals surface area contributed by atoms with Gasteiger partial charge in [0.25, 0.3) is 0 Å². The number of anilines is 1. The van der Waals surface area contributed by atoms with Crippen LogP contribution in [0.1, 0.15) is 64.6 Å². The standard InChI is InChI=1S/C19H35N3O5S/c1-4-6-7-8-9-10-14-28(24,25)22(12-11-13-26-5-2)16-19(23)20-18-15-17(3)27-21-18/h15H,4-14,16H2,1-3H3,(H,20,21,23). The molecule has 28 heavy (non-hydrogen) atoms. The smallest absolute Gasteiger partial charge is 0.240 e. The second-order valence-electron chi connectivity index (χ2n) is 6.84. The molecule has 0 aromatic carbocycles. The number of sulfonamides is 1. The van der Waals surface area contributed by atoms with Crippen molar-refractivity contribution >= 4 is 21.7 Å². The summed E-state index contributed by atoms with van der Waals surface area (Å²) in [6.07, 6.45) is 6.55. The van der Waals surface area contributed by atoms with E-state index in [4.69, 9.17) is 9.26 Å². The summed E-state index contributed by atoms with van der Waals surface area (Å²) in [7, 11) is -3.51. The van der Waals surface area contributed by atoms with Gasteiger partial charge in [-0.25, -0.2) is 8.42 Å². The number of hydrogen-bond donors (Lipinski definition) is 1. The molecule has 0 aliphatic carbocycles. The molecule has 0 fully saturated rings. The highest BCUT2D eigenvalue weighted by Crippen LogP contribution is 2.12. The first kappa shape index (κ1) is 24.6. The van der Waals surface area contributed by atoms with E-state index in [1.165, 1.54) is 10.7 Å². The molecule has 8 nitrogen and oxygen atoms in total. The van der Waals surface area contributed by atoms with Crippen LogP contribution in [0.4, 0.5) is 5.82 Å². The van der Waals surface area contributed by atoms with Gasteiger partial charge in [0.1, 0.15) is 5.76 Å². The van der Waals surface area contributed by atoms with E-state index in [0.29, 0.717) is 31.8 Å². The first-order valence-corrected chi connectivity index (χ1v) is 11.8. The van der Waals surface area contributed by atoms with Gasteiger partial charge < -0.3 is 14.6 Å². The molecule has 1 amide bonds.